The molecule has 2 atom stereocenters. The van der Waals surface area contributed by atoms with Gasteiger partial charge in [-0.2, -0.15) is 0 Å². The molecule has 0 radical (unpaired) electrons. The van der Waals surface area contributed by atoms with Crippen LogP contribution in [0.4, 0.5) is 0 Å². The molecule has 0 aliphatic carbocycles. The van der Waals surface area contributed by atoms with E-state index in [0.29, 0.717) is 6.54 Å². The zero-order chi connectivity index (χ0) is 15.6. The topological polar surface area (TPSA) is 41.1 Å². The highest BCUT2D eigenvalue weighted by Gasteiger charge is 2.44. The molecule has 2 N–H and O–H groups in total. The van der Waals surface area contributed by atoms with Gasteiger partial charge in [0.05, 0.1) is 11.5 Å². The van der Waals surface area contributed by atoms with E-state index in [4.69, 9.17) is 0 Å². The normalized spacial score (nSPS) is 25.4. The Balaban J connectivity index is 2.11. The van der Waals surface area contributed by atoms with E-state index >= 15 is 0 Å². The summed E-state index contributed by atoms with van der Waals surface area (Å²) in [7, 11) is 0. The fourth-order valence-electron chi connectivity index (χ4n) is 3.10. The average molecular weight is 359 g/mol. The van der Waals surface area contributed by atoms with Gasteiger partial charge in [0.15, 0.2) is 0 Å². The minimum Gasteiger partial charge on any atom is -0.354 e. The van der Waals surface area contributed by atoms with Gasteiger partial charge in [-0.3, -0.25) is 4.79 Å². The van der Waals surface area contributed by atoms with Crippen LogP contribution in [-0.4, -0.2) is 19.0 Å². The molecule has 3 rings (SSSR count). The number of rotatable bonds is 2. The molecule has 0 aromatic heterocycles. The molecule has 1 saturated heterocycles. The van der Waals surface area contributed by atoms with Gasteiger partial charge in [0.1, 0.15) is 0 Å². The van der Waals surface area contributed by atoms with E-state index in [0.717, 1.165) is 22.1 Å². The molecule has 1 aliphatic heterocycles. The monoisotopic (exact) mass is 358 g/mol. The van der Waals surface area contributed by atoms with Crippen LogP contribution in [0.5, 0.6) is 0 Å². The molecule has 1 aliphatic rings. The number of hydrogen-bond acceptors (Lipinski definition) is 2. The van der Waals surface area contributed by atoms with Crippen molar-refractivity contribution in [2.45, 2.75) is 18.4 Å². The van der Waals surface area contributed by atoms with E-state index in [-0.39, 0.29) is 11.9 Å². The maximum atomic E-state index is 12.8. The molecule has 2 aromatic carbocycles. The summed E-state index contributed by atoms with van der Waals surface area (Å²) in [6, 6.07) is 18.1. The third-order valence-corrected chi connectivity index (χ3v) is 4.91. The van der Waals surface area contributed by atoms with Crippen molar-refractivity contribution in [3.8, 4) is 0 Å². The smallest absolute Gasteiger partial charge is 0.232 e. The number of halogens is 1. The van der Waals surface area contributed by atoms with Crippen LogP contribution in [0.3, 0.4) is 0 Å². The summed E-state index contributed by atoms with van der Waals surface area (Å²) in [4.78, 5) is 12.8. The second kappa shape index (κ2) is 6.23. The molecule has 0 spiro atoms. The van der Waals surface area contributed by atoms with Gasteiger partial charge in [-0.25, -0.2) is 0 Å². The molecular formula is C18H19BrN2O. The molecule has 22 heavy (non-hydrogen) atoms. The molecule has 1 amide bonds. The van der Waals surface area contributed by atoms with Crippen molar-refractivity contribution in [2.75, 3.05) is 13.1 Å². The Morgan fingerprint density at radius 1 is 1.05 bits per heavy atom. The molecule has 0 unspecified atom stereocenters. The molecule has 0 saturated carbocycles. The van der Waals surface area contributed by atoms with Crippen molar-refractivity contribution in [3.63, 3.8) is 0 Å². The fraction of sp³-hybridized carbons (Fsp3) is 0.278. The van der Waals surface area contributed by atoms with Crippen molar-refractivity contribution in [1.82, 2.24) is 10.6 Å². The Morgan fingerprint density at radius 3 is 2.41 bits per heavy atom. The Kier molecular flexibility index (Phi) is 4.32. The van der Waals surface area contributed by atoms with Gasteiger partial charge in [0, 0.05) is 17.6 Å². The van der Waals surface area contributed by atoms with Gasteiger partial charge in [-0.05, 0) is 30.2 Å². The van der Waals surface area contributed by atoms with Crippen LogP contribution in [0.2, 0.25) is 0 Å². The first kappa shape index (κ1) is 15.3. The number of nitrogens with one attached hydrogen (secondary N) is 2. The van der Waals surface area contributed by atoms with E-state index in [2.05, 4.69) is 38.7 Å². The summed E-state index contributed by atoms with van der Waals surface area (Å²) in [5, 5.41) is 6.57. The summed E-state index contributed by atoms with van der Waals surface area (Å²) in [5.41, 5.74) is 1.49. The van der Waals surface area contributed by atoms with Crippen molar-refractivity contribution in [2.24, 2.45) is 0 Å². The molecular weight excluding hydrogens is 340 g/mol. The summed E-state index contributed by atoms with van der Waals surface area (Å²) >= 11 is 3.47. The van der Waals surface area contributed by atoms with Gasteiger partial charge in [0.25, 0.3) is 0 Å². The number of benzene rings is 2. The molecule has 3 nitrogen and oxygen atoms in total. The van der Waals surface area contributed by atoms with E-state index < -0.39 is 5.41 Å². The first-order valence-corrected chi connectivity index (χ1v) is 8.24. The van der Waals surface area contributed by atoms with E-state index in [1.165, 1.54) is 0 Å². The largest absolute Gasteiger partial charge is 0.354 e. The van der Waals surface area contributed by atoms with Crippen molar-refractivity contribution >= 4 is 21.8 Å². The number of hydrogen-bond donors (Lipinski definition) is 2. The number of carbonyl (C=O) groups excluding carboxylic acids is 1. The zero-order valence-corrected chi connectivity index (χ0v) is 14.1. The second-order valence-corrected chi connectivity index (χ2v) is 6.68. The SMILES string of the molecule is C[C@@]1(c2ccccc2)C(=O)NCCN[C@@H]1c1ccc(Br)cc1. The van der Waals surface area contributed by atoms with Crippen molar-refractivity contribution in [1.29, 1.82) is 0 Å². The average Bonchev–Trinajstić information content (AvgIpc) is 2.70. The lowest BCUT2D eigenvalue weighted by atomic mass is 9.72. The predicted octanol–water partition coefficient (Wildman–Crippen LogP) is 3.17. The third-order valence-electron chi connectivity index (χ3n) is 4.38. The van der Waals surface area contributed by atoms with Crippen LogP contribution in [0, 0.1) is 0 Å². The van der Waals surface area contributed by atoms with E-state index in [1.807, 2.05) is 49.4 Å². The maximum Gasteiger partial charge on any atom is 0.232 e. The van der Waals surface area contributed by atoms with Crippen LogP contribution < -0.4 is 10.6 Å². The van der Waals surface area contributed by atoms with Gasteiger partial charge >= 0.3 is 0 Å². The summed E-state index contributed by atoms with van der Waals surface area (Å²) < 4.78 is 1.04. The number of carbonyl (C=O) groups is 1. The Hall–Kier alpha value is -1.65. The minimum absolute atomic E-state index is 0.0644. The van der Waals surface area contributed by atoms with E-state index in [9.17, 15) is 4.79 Å². The van der Waals surface area contributed by atoms with Crippen molar-refractivity contribution in [3.05, 3.63) is 70.2 Å². The highest BCUT2D eigenvalue weighted by Crippen LogP contribution is 2.38. The van der Waals surface area contributed by atoms with Crippen LogP contribution in [0.1, 0.15) is 24.1 Å². The molecule has 2 aromatic rings. The van der Waals surface area contributed by atoms with Crippen LogP contribution in [0.25, 0.3) is 0 Å². The summed E-state index contributed by atoms with van der Waals surface area (Å²) in [6.45, 7) is 3.42. The number of amides is 1. The Morgan fingerprint density at radius 2 is 1.73 bits per heavy atom. The molecule has 114 valence electrons. The quantitative estimate of drug-likeness (QED) is 0.865. The first-order chi connectivity index (χ1) is 10.6. The Bertz CT molecular complexity index is 657. The highest BCUT2D eigenvalue weighted by atomic mass is 79.9. The molecule has 1 heterocycles. The second-order valence-electron chi connectivity index (χ2n) is 5.76. The highest BCUT2D eigenvalue weighted by molar-refractivity contribution is 9.10. The zero-order valence-electron chi connectivity index (χ0n) is 12.5. The minimum atomic E-state index is -0.647. The van der Waals surface area contributed by atoms with Crippen LogP contribution >= 0.6 is 15.9 Å². The first-order valence-electron chi connectivity index (χ1n) is 7.45. The fourth-order valence-corrected chi connectivity index (χ4v) is 3.36. The Labute approximate surface area is 139 Å². The maximum absolute atomic E-state index is 12.8. The standard InChI is InChI=1S/C18H19BrN2O/c1-18(14-5-3-2-4-6-14)16(20-11-12-21-17(18)22)13-7-9-15(19)10-8-13/h2-10,16,20H,11-12H2,1H3,(H,21,22)/t16-,18+/m1/s1. The third kappa shape index (κ3) is 2.69. The van der Waals surface area contributed by atoms with Gasteiger partial charge < -0.3 is 10.6 Å². The summed E-state index contributed by atoms with van der Waals surface area (Å²) in [6.07, 6.45) is 0. The lowest BCUT2D eigenvalue weighted by Crippen LogP contribution is -2.47. The van der Waals surface area contributed by atoms with Crippen LogP contribution in [0.15, 0.2) is 59.1 Å². The van der Waals surface area contributed by atoms with Crippen molar-refractivity contribution < 1.29 is 4.79 Å². The lowest BCUT2D eigenvalue weighted by molar-refractivity contribution is -0.126. The lowest BCUT2D eigenvalue weighted by Gasteiger charge is -2.35. The molecule has 0 bridgehead atoms. The van der Waals surface area contributed by atoms with Gasteiger partial charge in [0.2, 0.25) is 5.91 Å². The summed E-state index contributed by atoms with van der Waals surface area (Å²) in [5.74, 6) is 0.0663. The molecule has 4 heteroatoms. The predicted molar refractivity (Wildman–Crippen MR) is 91.7 cm³/mol. The van der Waals surface area contributed by atoms with E-state index in [1.54, 1.807) is 0 Å². The van der Waals surface area contributed by atoms with Crippen LogP contribution in [-0.2, 0) is 10.2 Å². The van der Waals surface area contributed by atoms with Gasteiger partial charge in [-0.1, -0.05) is 58.4 Å². The molecule has 1 fully saturated rings. The van der Waals surface area contributed by atoms with Gasteiger partial charge in [-0.15, -0.1) is 0 Å².